The summed E-state index contributed by atoms with van der Waals surface area (Å²) in [7, 11) is 0. The molecule has 0 saturated carbocycles. The smallest absolute Gasteiger partial charge is 0.168 e. The minimum atomic E-state index is -1.64. The zero-order valence-corrected chi connectivity index (χ0v) is 14.5. The summed E-state index contributed by atoms with van der Waals surface area (Å²) in [5.74, 6) is 0.212. The summed E-state index contributed by atoms with van der Waals surface area (Å²) in [5, 5.41) is 31.6. The van der Waals surface area contributed by atoms with E-state index in [4.69, 9.17) is 10.5 Å². The van der Waals surface area contributed by atoms with E-state index in [9.17, 15) is 15.3 Å². The minimum Gasteiger partial charge on any atom is -0.394 e. The maximum absolute atomic E-state index is 11.4. The second kappa shape index (κ2) is 6.86. The average Bonchev–Trinajstić information content (AvgIpc) is 3.22. The lowest BCUT2D eigenvalue weighted by molar-refractivity contribution is -0.111. The molecule has 1 aliphatic rings. The Morgan fingerprint density at radius 3 is 2.70 bits per heavy atom. The van der Waals surface area contributed by atoms with Crippen molar-refractivity contribution >= 4 is 17.0 Å². The van der Waals surface area contributed by atoms with Crippen LogP contribution in [0.2, 0.25) is 0 Å². The summed E-state index contributed by atoms with van der Waals surface area (Å²) >= 11 is 0. The average molecular weight is 371 g/mol. The van der Waals surface area contributed by atoms with Crippen molar-refractivity contribution < 1.29 is 20.1 Å². The Morgan fingerprint density at radius 2 is 1.96 bits per heavy atom. The Labute approximate surface area is 155 Å². The molecule has 4 atom stereocenters. The quantitative estimate of drug-likeness (QED) is 0.492. The van der Waals surface area contributed by atoms with Crippen LogP contribution in [-0.2, 0) is 11.2 Å². The number of nitrogen functional groups attached to an aromatic ring is 1. The maximum atomic E-state index is 11.4. The third kappa shape index (κ3) is 2.94. The van der Waals surface area contributed by atoms with Crippen LogP contribution in [0.3, 0.4) is 0 Å². The Morgan fingerprint density at radius 1 is 1.19 bits per heavy atom. The van der Waals surface area contributed by atoms with Gasteiger partial charge in [-0.05, 0) is 18.4 Å². The number of anilines is 1. The molecular weight excluding hydrogens is 350 g/mol. The molecule has 9 nitrogen and oxygen atoms in total. The minimum absolute atomic E-state index is 0.212. The molecule has 2 aromatic heterocycles. The molecule has 0 unspecified atom stereocenters. The predicted molar refractivity (Wildman–Crippen MR) is 96.5 cm³/mol. The maximum Gasteiger partial charge on any atom is 0.168 e. The molecule has 0 spiro atoms. The van der Waals surface area contributed by atoms with Gasteiger partial charge in [-0.1, -0.05) is 30.3 Å². The van der Waals surface area contributed by atoms with Gasteiger partial charge in [0, 0.05) is 0 Å². The summed E-state index contributed by atoms with van der Waals surface area (Å²) < 4.78 is 7.32. The van der Waals surface area contributed by atoms with Crippen LogP contribution in [-0.4, -0.2) is 59.3 Å². The van der Waals surface area contributed by atoms with Crippen LogP contribution in [0.1, 0.15) is 18.2 Å². The van der Waals surface area contributed by atoms with Crippen LogP contribution in [0.5, 0.6) is 0 Å². The Balaban J connectivity index is 1.71. The summed E-state index contributed by atoms with van der Waals surface area (Å²) in [6, 6.07) is 9.64. The van der Waals surface area contributed by atoms with E-state index in [1.807, 2.05) is 30.3 Å². The van der Waals surface area contributed by atoms with Crippen molar-refractivity contribution in [2.75, 3.05) is 12.3 Å². The van der Waals surface area contributed by atoms with Gasteiger partial charge in [-0.3, -0.25) is 4.57 Å². The number of ether oxygens (including phenoxy) is 1. The zero-order valence-electron chi connectivity index (χ0n) is 14.5. The molecular formula is C18H21N5O4. The molecule has 1 aromatic carbocycles. The first-order chi connectivity index (χ1) is 13.0. The molecule has 0 radical (unpaired) electrons. The van der Waals surface area contributed by atoms with Crippen LogP contribution in [0, 0.1) is 0 Å². The number of aryl methyl sites for hydroxylation is 1. The summed E-state index contributed by atoms with van der Waals surface area (Å²) in [5.41, 5.74) is 5.98. The van der Waals surface area contributed by atoms with Crippen molar-refractivity contribution in [2.45, 2.75) is 36.9 Å². The first-order valence-corrected chi connectivity index (χ1v) is 8.68. The van der Waals surface area contributed by atoms with Crippen LogP contribution in [0.4, 0.5) is 5.82 Å². The van der Waals surface area contributed by atoms with Gasteiger partial charge in [0.25, 0.3) is 0 Å². The number of fused-ring (bicyclic) bond motifs is 1. The van der Waals surface area contributed by atoms with Crippen LogP contribution in [0.15, 0.2) is 43.0 Å². The van der Waals surface area contributed by atoms with Crippen molar-refractivity contribution in [1.29, 1.82) is 0 Å². The van der Waals surface area contributed by atoms with Gasteiger partial charge >= 0.3 is 0 Å². The van der Waals surface area contributed by atoms with Crippen molar-refractivity contribution in [1.82, 2.24) is 19.5 Å². The lowest BCUT2D eigenvalue weighted by atomic mass is 9.87. The number of nitrogens with zero attached hydrogens (tertiary/aromatic N) is 4. The van der Waals surface area contributed by atoms with Gasteiger partial charge in [0.05, 0.1) is 12.9 Å². The number of hydrogen-bond donors (Lipinski definition) is 4. The van der Waals surface area contributed by atoms with E-state index in [2.05, 4.69) is 15.0 Å². The fourth-order valence-electron chi connectivity index (χ4n) is 3.58. The summed E-state index contributed by atoms with van der Waals surface area (Å²) in [6.45, 7) is -0.422. The Kier molecular flexibility index (Phi) is 4.52. The van der Waals surface area contributed by atoms with Crippen molar-refractivity contribution in [3.8, 4) is 0 Å². The molecule has 1 fully saturated rings. The molecule has 3 heterocycles. The number of hydrogen-bond acceptors (Lipinski definition) is 8. The highest BCUT2D eigenvalue weighted by atomic mass is 16.6. The standard InChI is InChI=1S/C18H21N5O4/c19-15-13-16(21-9-20-15)23(10-22-13)17-18(26,14(25)12(8-24)27-17)7-6-11-4-2-1-3-5-11/h1-5,9-10,12,14,17,24-26H,6-8H2,(H2,19,20,21)/t12-,14-,17-,18-/m1/s1. The van der Waals surface area contributed by atoms with Crippen LogP contribution in [0.25, 0.3) is 11.2 Å². The molecule has 1 aliphatic heterocycles. The second-order valence-corrected chi connectivity index (χ2v) is 6.71. The number of aliphatic hydroxyl groups excluding tert-OH is 2. The van der Waals surface area contributed by atoms with Crippen molar-refractivity contribution in [3.63, 3.8) is 0 Å². The molecule has 4 rings (SSSR count). The van der Waals surface area contributed by atoms with Crippen molar-refractivity contribution in [2.24, 2.45) is 0 Å². The van der Waals surface area contributed by atoms with E-state index in [-0.39, 0.29) is 12.2 Å². The molecule has 0 amide bonds. The third-order valence-corrected chi connectivity index (χ3v) is 5.07. The fraction of sp³-hybridized carbons (Fsp3) is 0.389. The molecule has 5 N–H and O–H groups in total. The number of nitrogens with two attached hydrogens (primary N) is 1. The van der Waals surface area contributed by atoms with Gasteiger partial charge in [0.15, 0.2) is 17.7 Å². The Hall–Kier alpha value is -2.59. The van der Waals surface area contributed by atoms with Gasteiger partial charge in [-0.15, -0.1) is 0 Å². The lowest BCUT2D eigenvalue weighted by Gasteiger charge is -2.31. The highest BCUT2D eigenvalue weighted by molar-refractivity contribution is 5.81. The largest absolute Gasteiger partial charge is 0.394 e. The van der Waals surface area contributed by atoms with Crippen molar-refractivity contribution in [3.05, 3.63) is 48.5 Å². The number of aromatic nitrogens is 4. The molecule has 3 aromatic rings. The van der Waals surface area contributed by atoms with E-state index < -0.39 is 30.6 Å². The topological polar surface area (TPSA) is 140 Å². The van der Waals surface area contributed by atoms with E-state index in [0.29, 0.717) is 17.6 Å². The van der Waals surface area contributed by atoms with Gasteiger partial charge in [0.1, 0.15) is 29.7 Å². The number of benzene rings is 1. The van der Waals surface area contributed by atoms with Crippen LogP contribution >= 0.6 is 0 Å². The molecule has 0 bridgehead atoms. The zero-order chi connectivity index (χ0) is 19.0. The van der Waals surface area contributed by atoms with E-state index >= 15 is 0 Å². The van der Waals surface area contributed by atoms with E-state index in [0.717, 1.165) is 5.56 Å². The Bertz CT molecular complexity index is 934. The number of aliphatic hydroxyl groups is 3. The van der Waals surface area contributed by atoms with Crippen LogP contribution < -0.4 is 5.73 Å². The lowest BCUT2D eigenvalue weighted by Crippen LogP contribution is -2.47. The normalized spacial score (nSPS) is 28.0. The SMILES string of the molecule is Nc1ncnc2c1ncn2[C@@H]1O[C@H](CO)[C@@H](O)[C@]1(O)CCc1ccccc1. The first-order valence-electron chi connectivity index (χ1n) is 8.68. The van der Waals surface area contributed by atoms with Gasteiger partial charge in [-0.25, -0.2) is 15.0 Å². The van der Waals surface area contributed by atoms with Gasteiger partial charge in [0.2, 0.25) is 0 Å². The monoisotopic (exact) mass is 371 g/mol. The molecule has 142 valence electrons. The molecule has 0 aliphatic carbocycles. The molecule has 1 saturated heterocycles. The fourth-order valence-corrected chi connectivity index (χ4v) is 3.58. The summed E-state index contributed by atoms with van der Waals surface area (Å²) in [6.07, 6.45) is 0.317. The van der Waals surface area contributed by atoms with Gasteiger partial charge in [-0.2, -0.15) is 0 Å². The van der Waals surface area contributed by atoms with E-state index in [1.165, 1.54) is 17.2 Å². The first kappa shape index (κ1) is 17.8. The predicted octanol–water partition coefficient (Wildman–Crippen LogP) is 0.0230. The number of imidazole rings is 1. The highest BCUT2D eigenvalue weighted by Gasteiger charge is 2.55. The number of rotatable bonds is 5. The van der Waals surface area contributed by atoms with Gasteiger partial charge < -0.3 is 25.8 Å². The summed E-state index contributed by atoms with van der Waals surface area (Å²) in [4.78, 5) is 12.3. The third-order valence-electron chi connectivity index (χ3n) is 5.07. The highest BCUT2D eigenvalue weighted by Crippen LogP contribution is 2.42. The molecule has 9 heteroatoms. The second-order valence-electron chi connectivity index (χ2n) is 6.71. The van der Waals surface area contributed by atoms with E-state index in [1.54, 1.807) is 0 Å². The molecule has 27 heavy (non-hydrogen) atoms.